The number of aromatic nitrogens is 2. The zero-order valence-electron chi connectivity index (χ0n) is 17.5. The Morgan fingerprint density at radius 3 is 2.97 bits per heavy atom. The molecule has 2 aromatic carbocycles. The van der Waals surface area contributed by atoms with Gasteiger partial charge in [-0.25, -0.2) is 4.39 Å². The number of benzene rings is 2. The van der Waals surface area contributed by atoms with Gasteiger partial charge in [-0.3, -0.25) is 9.89 Å². The summed E-state index contributed by atoms with van der Waals surface area (Å²) in [5.74, 6) is 0.263. The van der Waals surface area contributed by atoms with Gasteiger partial charge in [-0.1, -0.05) is 30.3 Å². The maximum Gasteiger partial charge on any atom is 0.274 e. The Kier molecular flexibility index (Phi) is 6.43. The summed E-state index contributed by atoms with van der Waals surface area (Å²) < 4.78 is 13.4. The quantitative estimate of drug-likeness (QED) is 0.640. The number of likely N-dealkylation sites (tertiary alicyclic amines) is 1. The Morgan fingerprint density at radius 2 is 2.13 bits per heavy atom. The number of H-pyrrole nitrogens is 1. The minimum absolute atomic E-state index is 0.00756. The van der Waals surface area contributed by atoms with Crippen molar-refractivity contribution in [2.75, 3.05) is 32.7 Å². The lowest BCUT2D eigenvalue weighted by atomic mass is 9.96. The molecule has 158 valence electrons. The molecule has 2 heterocycles. The van der Waals surface area contributed by atoms with E-state index in [2.05, 4.69) is 15.1 Å². The van der Waals surface area contributed by atoms with Crippen LogP contribution in [-0.4, -0.2) is 58.6 Å². The summed E-state index contributed by atoms with van der Waals surface area (Å²) in [6, 6.07) is 14.6. The lowest BCUT2D eigenvalue weighted by molar-refractivity contribution is 0.0687. The van der Waals surface area contributed by atoms with Crippen LogP contribution in [0.1, 0.15) is 35.8 Å². The van der Waals surface area contributed by atoms with E-state index in [1.54, 1.807) is 12.1 Å². The average Bonchev–Trinajstić information content (AvgIpc) is 3.20. The number of amides is 1. The highest BCUT2D eigenvalue weighted by atomic mass is 19.1. The molecule has 0 unspecified atom stereocenters. The first-order valence-electron chi connectivity index (χ1n) is 10.8. The first kappa shape index (κ1) is 20.5. The van der Waals surface area contributed by atoms with Crippen LogP contribution in [0.15, 0.2) is 48.5 Å². The largest absolute Gasteiger partial charge is 0.337 e. The highest BCUT2D eigenvalue weighted by Gasteiger charge is 2.26. The van der Waals surface area contributed by atoms with Crippen molar-refractivity contribution in [2.24, 2.45) is 5.92 Å². The highest BCUT2D eigenvalue weighted by molar-refractivity contribution is 6.04. The summed E-state index contributed by atoms with van der Waals surface area (Å²) in [7, 11) is 0. The van der Waals surface area contributed by atoms with Crippen molar-refractivity contribution in [3.8, 4) is 0 Å². The second kappa shape index (κ2) is 9.39. The standard InChI is InChI=1S/C24H29FN4O/c1-2-29(24(30)23-21-10-3-4-11-22(21)26-27-23)17-19-8-6-13-28(16-19)14-12-18-7-5-9-20(25)15-18/h3-5,7,9-11,15,19H,2,6,8,12-14,16-17H2,1H3,(H,26,27)/t19-/m1/s1. The number of hydrogen-bond donors (Lipinski definition) is 1. The molecular formula is C24H29FN4O. The lowest BCUT2D eigenvalue weighted by Gasteiger charge is -2.35. The maximum absolute atomic E-state index is 13.4. The van der Waals surface area contributed by atoms with Crippen LogP contribution >= 0.6 is 0 Å². The van der Waals surface area contributed by atoms with Crippen LogP contribution in [0.2, 0.25) is 0 Å². The third-order valence-electron chi connectivity index (χ3n) is 6.03. The van der Waals surface area contributed by atoms with E-state index in [1.165, 1.54) is 6.07 Å². The molecular weight excluding hydrogens is 379 g/mol. The number of nitrogens with one attached hydrogen (secondary N) is 1. The summed E-state index contributed by atoms with van der Waals surface area (Å²) in [6.07, 6.45) is 3.10. The van der Waals surface area contributed by atoms with Gasteiger partial charge < -0.3 is 9.80 Å². The topological polar surface area (TPSA) is 52.2 Å². The molecule has 1 atom stereocenters. The number of carbonyl (C=O) groups is 1. The maximum atomic E-state index is 13.4. The van der Waals surface area contributed by atoms with Gasteiger partial charge in [0.15, 0.2) is 5.69 Å². The van der Waals surface area contributed by atoms with Crippen LogP contribution in [0, 0.1) is 11.7 Å². The zero-order valence-corrected chi connectivity index (χ0v) is 17.5. The molecule has 3 aromatic rings. The molecule has 1 aliphatic heterocycles. The second-order valence-corrected chi connectivity index (χ2v) is 8.15. The van der Waals surface area contributed by atoms with E-state index < -0.39 is 0 Å². The smallest absolute Gasteiger partial charge is 0.274 e. The molecule has 5 nitrogen and oxygen atoms in total. The molecule has 0 aliphatic carbocycles. The molecule has 0 saturated carbocycles. The Balaban J connectivity index is 1.36. The summed E-state index contributed by atoms with van der Waals surface area (Å²) in [4.78, 5) is 17.5. The van der Waals surface area contributed by atoms with Gasteiger partial charge in [0.05, 0.1) is 5.52 Å². The Morgan fingerprint density at radius 1 is 1.27 bits per heavy atom. The van der Waals surface area contributed by atoms with Crippen LogP contribution in [0.5, 0.6) is 0 Å². The molecule has 1 saturated heterocycles. The van der Waals surface area contributed by atoms with Gasteiger partial charge in [0, 0.05) is 31.6 Å². The molecule has 6 heteroatoms. The molecule has 0 radical (unpaired) electrons. The fraction of sp³-hybridized carbons (Fsp3) is 0.417. The molecule has 1 amide bonds. The van der Waals surface area contributed by atoms with Crippen molar-refractivity contribution in [1.29, 1.82) is 0 Å². The van der Waals surface area contributed by atoms with Crippen LogP contribution in [0.4, 0.5) is 4.39 Å². The number of nitrogens with zero attached hydrogens (tertiary/aromatic N) is 3. The number of fused-ring (bicyclic) bond motifs is 1. The van der Waals surface area contributed by atoms with E-state index in [9.17, 15) is 9.18 Å². The van der Waals surface area contributed by atoms with Gasteiger partial charge in [0.1, 0.15) is 5.82 Å². The van der Waals surface area contributed by atoms with Gasteiger partial charge in [0.2, 0.25) is 0 Å². The molecule has 0 bridgehead atoms. The fourth-order valence-corrected chi connectivity index (χ4v) is 4.43. The molecule has 1 aliphatic rings. The van der Waals surface area contributed by atoms with Gasteiger partial charge >= 0.3 is 0 Å². The van der Waals surface area contributed by atoms with E-state index in [0.29, 0.717) is 18.2 Å². The third kappa shape index (κ3) is 4.70. The summed E-state index contributed by atoms with van der Waals surface area (Å²) in [5, 5.41) is 8.12. The van der Waals surface area contributed by atoms with Gasteiger partial charge in [-0.15, -0.1) is 0 Å². The third-order valence-corrected chi connectivity index (χ3v) is 6.03. The minimum atomic E-state index is -0.174. The number of carbonyl (C=O) groups excluding carboxylic acids is 1. The van der Waals surface area contributed by atoms with E-state index in [1.807, 2.05) is 42.2 Å². The molecule has 1 aromatic heterocycles. The normalized spacial score (nSPS) is 17.3. The lowest BCUT2D eigenvalue weighted by Crippen LogP contribution is -2.43. The van der Waals surface area contributed by atoms with Crippen LogP contribution in [-0.2, 0) is 6.42 Å². The number of rotatable bonds is 7. The monoisotopic (exact) mass is 408 g/mol. The summed E-state index contributed by atoms with van der Waals surface area (Å²) in [6.45, 7) is 6.39. The first-order valence-corrected chi connectivity index (χ1v) is 10.8. The Hall–Kier alpha value is -2.73. The van der Waals surface area contributed by atoms with Crippen molar-refractivity contribution in [3.63, 3.8) is 0 Å². The summed E-state index contributed by atoms with van der Waals surface area (Å²) >= 11 is 0. The molecule has 1 fully saturated rings. The van der Waals surface area contributed by atoms with E-state index in [4.69, 9.17) is 0 Å². The average molecular weight is 409 g/mol. The van der Waals surface area contributed by atoms with Gasteiger partial charge in [-0.2, -0.15) is 5.10 Å². The molecule has 4 rings (SSSR count). The van der Waals surface area contributed by atoms with Crippen LogP contribution in [0.3, 0.4) is 0 Å². The van der Waals surface area contributed by atoms with E-state index in [-0.39, 0.29) is 11.7 Å². The Bertz CT molecular complexity index is 1000. The van der Waals surface area contributed by atoms with Crippen molar-refractivity contribution < 1.29 is 9.18 Å². The van der Waals surface area contributed by atoms with Crippen molar-refractivity contribution in [2.45, 2.75) is 26.2 Å². The highest BCUT2D eigenvalue weighted by Crippen LogP contribution is 2.21. The zero-order chi connectivity index (χ0) is 20.9. The van der Waals surface area contributed by atoms with Crippen LogP contribution < -0.4 is 0 Å². The molecule has 0 spiro atoms. The van der Waals surface area contributed by atoms with Crippen molar-refractivity contribution >= 4 is 16.8 Å². The minimum Gasteiger partial charge on any atom is -0.337 e. The fourth-order valence-electron chi connectivity index (χ4n) is 4.43. The van der Waals surface area contributed by atoms with Crippen molar-refractivity contribution in [3.05, 3.63) is 65.6 Å². The number of halogens is 1. The number of piperidine rings is 1. The summed E-state index contributed by atoms with van der Waals surface area (Å²) in [5.41, 5.74) is 2.43. The predicted octanol–water partition coefficient (Wildman–Crippen LogP) is 4.12. The number of hydrogen-bond acceptors (Lipinski definition) is 3. The van der Waals surface area contributed by atoms with Gasteiger partial charge in [-0.05, 0) is 62.4 Å². The van der Waals surface area contributed by atoms with Gasteiger partial charge in [0.25, 0.3) is 5.91 Å². The number of aromatic amines is 1. The Labute approximate surface area is 176 Å². The molecule has 30 heavy (non-hydrogen) atoms. The van der Waals surface area contributed by atoms with Crippen molar-refractivity contribution in [1.82, 2.24) is 20.0 Å². The van der Waals surface area contributed by atoms with E-state index in [0.717, 1.165) is 61.9 Å². The van der Waals surface area contributed by atoms with E-state index >= 15 is 0 Å². The second-order valence-electron chi connectivity index (χ2n) is 8.15. The molecule has 1 N–H and O–H groups in total. The SMILES string of the molecule is CCN(C[C@@H]1CCCN(CCc2cccc(F)c2)C1)C(=O)c1n[nH]c2ccccc12. The number of para-hydroxylation sites is 1. The first-order chi connectivity index (χ1) is 14.6. The van der Waals surface area contributed by atoms with Crippen LogP contribution in [0.25, 0.3) is 10.9 Å². The predicted molar refractivity (Wildman–Crippen MR) is 117 cm³/mol.